The van der Waals surface area contributed by atoms with Crippen molar-refractivity contribution in [2.24, 2.45) is 16.2 Å². The van der Waals surface area contributed by atoms with E-state index in [1.807, 2.05) is 6.92 Å². The minimum atomic E-state index is -1.55. The van der Waals surface area contributed by atoms with Crippen LogP contribution >= 0.6 is 0 Å². The number of ketones is 1. The number of allylic oxidation sites excluding steroid dienone is 4. The van der Waals surface area contributed by atoms with Crippen molar-refractivity contribution in [1.29, 1.82) is 0 Å². The van der Waals surface area contributed by atoms with Gasteiger partial charge in [0.25, 0.3) is 0 Å². The van der Waals surface area contributed by atoms with Gasteiger partial charge in [-0.3, -0.25) is 9.59 Å². The Kier molecular flexibility index (Phi) is 3.50. The molecule has 0 aromatic heterocycles. The molecule has 3 N–H and O–H groups in total. The van der Waals surface area contributed by atoms with Crippen molar-refractivity contribution < 1.29 is 24.9 Å². The molecular formula is C20H24O5. The van der Waals surface area contributed by atoms with E-state index in [9.17, 15) is 24.9 Å². The second-order valence-electron chi connectivity index (χ2n) is 8.13. The topological polar surface area (TPSA) is 94.8 Å². The minimum Gasteiger partial charge on any atom is -0.504 e. The normalized spacial score (nSPS) is 43.2. The second-order valence-corrected chi connectivity index (χ2v) is 8.13. The van der Waals surface area contributed by atoms with Gasteiger partial charge in [0.1, 0.15) is 5.60 Å². The van der Waals surface area contributed by atoms with E-state index in [4.69, 9.17) is 0 Å². The average molecular weight is 344 g/mol. The molecule has 4 atom stereocenters. The number of carboxylic acid groups (broad SMARTS) is 1. The fourth-order valence-electron chi connectivity index (χ4n) is 4.64. The molecule has 5 nitrogen and oxygen atoms in total. The average Bonchev–Trinajstić information content (AvgIpc) is 2.55. The van der Waals surface area contributed by atoms with E-state index in [1.165, 1.54) is 6.92 Å². The third kappa shape index (κ3) is 1.99. The van der Waals surface area contributed by atoms with Crippen molar-refractivity contribution in [3.8, 4) is 0 Å². The Hall–Kier alpha value is -2.14. The summed E-state index contributed by atoms with van der Waals surface area (Å²) < 4.78 is 0. The van der Waals surface area contributed by atoms with Crippen LogP contribution in [0, 0.1) is 16.2 Å². The van der Waals surface area contributed by atoms with Crippen molar-refractivity contribution >= 4 is 11.8 Å². The van der Waals surface area contributed by atoms with Gasteiger partial charge in [-0.2, -0.15) is 0 Å². The molecule has 0 aromatic rings. The van der Waals surface area contributed by atoms with Gasteiger partial charge < -0.3 is 15.3 Å². The van der Waals surface area contributed by atoms with Crippen LogP contribution in [0.4, 0.5) is 0 Å². The molecular weight excluding hydrogens is 320 g/mol. The third-order valence-electron chi connectivity index (χ3n) is 6.49. The van der Waals surface area contributed by atoms with Crippen LogP contribution in [-0.2, 0) is 9.59 Å². The Morgan fingerprint density at radius 2 is 1.92 bits per heavy atom. The van der Waals surface area contributed by atoms with Gasteiger partial charge in [-0.25, -0.2) is 0 Å². The van der Waals surface area contributed by atoms with E-state index < -0.39 is 39.4 Å². The first kappa shape index (κ1) is 17.7. The lowest BCUT2D eigenvalue weighted by molar-refractivity contribution is -0.148. The molecule has 0 saturated carbocycles. The second kappa shape index (κ2) is 4.94. The number of rotatable bonds is 2. The van der Waals surface area contributed by atoms with E-state index in [1.54, 1.807) is 31.2 Å². The highest BCUT2D eigenvalue weighted by atomic mass is 16.4. The number of carboxylic acids is 1. The van der Waals surface area contributed by atoms with Crippen molar-refractivity contribution in [3.63, 3.8) is 0 Å². The summed E-state index contributed by atoms with van der Waals surface area (Å²) in [4.78, 5) is 24.8. The van der Waals surface area contributed by atoms with Crippen LogP contribution in [0.25, 0.3) is 0 Å². The van der Waals surface area contributed by atoms with Crippen LogP contribution in [0.5, 0.6) is 0 Å². The number of hydrogen-bond donors (Lipinski definition) is 3. The smallest absolute Gasteiger partial charge is 0.313 e. The first-order chi connectivity index (χ1) is 11.5. The summed E-state index contributed by atoms with van der Waals surface area (Å²) in [5.74, 6) is -2.37. The van der Waals surface area contributed by atoms with E-state index in [2.05, 4.69) is 6.58 Å². The summed E-state index contributed by atoms with van der Waals surface area (Å²) in [6.07, 6.45) is 7.86. The Bertz CT molecular complexity index is 788. The van der Waals surface area contributed by atoms with E-state index in [0.717, 1.165) is 0 Å². The van der Waals surface area contributed by atoms with Crippen molar-refractivity contribution in [2.75, 3.05) is 0 Å². The summed E-state index contributed by atoms with van der Waals surface area (Å²) in [7, 11) is 0. The van der Waals surface area contributed by atoms with E-state index in [0.29, 0.717) is 6.42 Å². The van der Waals surface area contributed by atoms with Gasteiger partial charge in [-0.1, -0.05) is 31.2 Å². The maximum absolute atomic E-state index is 12.9. The number of hydrogen-bond acceptors (Lipinski definition) is 4. The first-order valence-electron chi connectivity index (χ1n) is 8.44. The predicted octanol–water partition coefficient (Wildman–Crippen LogP) is 3.08. The number of Topliss-reactive ketones (excluding diaryl/α,β-unsaturated/α-hetero) is 1. The van der Waals surface area contributed by atoms with Crippen molar-refractivity contribution in [3.05, 3.63) is 47.8 Å². The lowest BCUT2D eigenvalue weighted by Crippen LogP contribution is -2.60. The molecule has 0 aromatic carbocycles. The van der Waals surface area contributed by atoms with Crippen LogP contribution in [0.1, 0.15) is 40.0 Å². The molecule has 0 fully saturated rings. The van der Waals surface area contributed by atoms with Gasteiger partial charge in [0.2, 0.25) is 5.78 Å². The summed E-state index contributed by atoms with van der Waals surface area (Å²) >= 11 is 0. The molecule has 0 amide bonds. The molecule has 3 aliphatic rings. The summed E-state index contributed by atoms with van der Waals surface area (Å²) in [6, 6.07) is 0. The number of aliphatic hydroxyl groups is 2. The SMILES string of the molecule is C=CC1(C)C=C2C(=O)C(O)=C3C(C)(C(=O)O)CC=CC3(C)C2(O)CC1. The Balaban J connectivity index is 2.36. The number of carbonyl (C=O) groups excluding carboxylic acids is 1. The first-order valence-corrected chi connectivity index (χ1v) is 8.44. The maximum atomic E-state index is 12.9. The number of aliphatic carboxylic acids is 1. The molecule has 134 valence electrons. The van der Waals surface area contributed by atoms with Crippen LogP contribution in [0.3, 0.4) is 0 Å². The van der Waals surface area contributed by atoms with E-state index in [-0.39, 0.29) is 24.0 Å². The molecule has 0 bridgehead atoms. The monoisotopic (exact) mass is 344 g/mol. The lowest BCUT2D eigenvalue weighted by atomic mass is 9.48. The molecule has 3 rings (SSSR count). The van der Waals surface area contributed by atoms with Crippen LogP contribution in [0.2, 0.25) is 0 Å². The fraction of sp³-hybridized carbons (Fsp3) is 0.500. The number of carbonyl (C=O) groups is 2. The number of aliphatic hydroxyl groups excluding tert-OH is 1. The molecule has 5 heteroatoms. The van der Waals surface area contributed by atoms with Gasteiger partial charge in [-0.05, 0) is 33.1 Å². The van der Waals surface area contributed by atoms with Gasteiger partial charge in [0, 0.05) is 22.0 Å². The summed E-state index contributed by atoms with van der Waals surface area (Å²) in [5.41, 5.74) is -4.39. The Morgan fingerprint density at radius 3 is 2.48 bits per heavy atom. The molecule has 25 heavy (non-hydrogen) atoms. The molecule has 4 unspecified atom stereocenters. The molecule has 0 heterocycles. The maximum Gasteiger partial charge on any atom is 0.313 e. The van der Waals surface area contributed by atoms with Crippen LogP contribution in [-0.4, -0.2) is 32.7 Å². The largest absolute Gasteiger partial charge is 0.504 e. The molecule has 0 spiro atoms. The predicted molar refractivity (Wildman–Crippen MR) is 92.8 cm³/mol. The molecule has 0 saturated heterocycles. The molecule has 0 radical (unpaired) electrons. The van der Waals surface area contributed by atoms with Gasteiger partial charge in [-0.15, -0.1) is 6.58 Å². The standard InChI is InChI=1S/C20H24O5/c1-5-17(2)9-10-20(25)12(11-17)13(21)14(22)15-18(3,16(23)24)7-6-8-19(15,20)4/h5-6,8,11,22,25H,1,7,9-10H2,2-4H3,(H,23,24). The van der Waals surface area contributed by atoms with Gasteiger partial charge in [0.15, 0.2) is 5.76 Å². The Labute approximate surface area is 147 Å². The third-order valence-corrected chi connectivity index (χ3v) is 6.49. The summed E-state index contributed by atoms with van der Waals surface area (Å²) in [5, 5.41) is 32.0. The quantitative estimate of drug-likeness (QED) is 0.669. The van der Waals surface area contributed by atoms with Gasteiger partial charge in [0.05, 0.1) is 5.41 Å². The highest BCUT2D eigenvalue weighted by Crippen LogP contribution is 2.62. The van der Waals surface area contributed by atoms with E-state index >= 15 is 0 Å². The zero-order valence-corrected chi connectivity index (χ0v) is 14.8. The van der Waals surface area contributed by atoms with Crippen LogP contribution in [0.15, 0.2) is 47.8 Å². The molecule has 3 aliphatic carbocycles. The highest BCUT2D eigenvalue weighted by molar-refractivity contribution is 6.11. The number of fused-ring (bicyclic) bond motifs is 3. The highest BCUT2D eigenvalue weighted by Gasteiger charge is 2.64. The van der Waals surface area contributed by atoms with Crippen LogP contribution < -0.4 is 0 Å². The zero-order valence-electron chi connectivity index (χ0n) is 14.8. The van der Waals surface area contributed by atoms with Crippen molar-refractivity contribution in [1.82, 2.24) is 0 Å². The summed E-state index contributed by atoms with van der Waals surface area (Å²) in [6.45, 7) is 8.91. The minimum absolute atomic E-state index is 0.0989. The zero-order chi connectivity index (χ0) is 18.8. The Morgan fingerprint density at radius 1 is 1.28 bits per heavy atom. The molecule has 0 aliphatic heterocycles. The fourth-order valence-corrected chi connectivity index (χ4v) is 4.64. The lowest BCUT2D eigenvalue weighted by Gasteiger charge is -2.56. The van der Waals surface area contributed by atoms with Gasteiger partial charge >= 0.3 is 5.97 Å². The van der Waals surface area contributed by atoms with Crippen molar-refractivity contribution in [2.45, 2.75) is 45.6 Å².